The molecular weight excluding hydrogens is 1510 g/mol. The maximum absolute atomic E-state index is 14.1. The zero-order valence-electron chi connectivity index (χ0n) is 70.6. The SMILES string of the molecule is CCCC(NC(=O)[C@H](Cc1cccc(OCCCCCNC)c1)NC(=O)[C@@H](NC=O)C1CCCCC1)C(=O)C(=O)NCC(=O)N[C@H](C(=O)OC(C)(C)C)c1ccccc1.CCCC(NC(=O)[C@H](Cc1cccc(OCCCCCNC)c1)NC(=O)[C@@H](NC=O)C1CCCCC1)C(O)C(=O)NCC(=O)N[C@H](C(=O)OC(C)(C)C)c1ccccc1. The molecule has 0 aliphatic heterocycles. The molecule has 2 aliphatic carbocycles. The van der Waals surface area contributed by atoms with Crippen molar-refractivity contribution >= 4 is 77.8 Å². The molecule has 30 nitrogen and oxygen atoms in total. The van der Waals surface area contributed by atoms with Crippen LogP contribution in [0.25, 0.3) is 0 Å². The Morgan fingerprint density at radius 1 is 0.458 bits per heavy atom. The van der Waals surface area contributed by atoms with Crippen molar-refractivity contribution in [3.05, 3.63) is 131 Å². The Labute approximate surface area is 695 Å². The van der Waals surface area contributed by atoms with Gasteiger partial charge in [-0.05, 0) is 204 Å². The van der Waals surface area contributed by atoms with Crippen molar-refractivity contribution in [2.75, 3.05) is 53.5 Å². The molecule has 13 N–H and O–H groups in total. The fourth-order valence-electron chi connectivity index (χ4n) is 14.0. The van der Waals surface area contributed by atoms with Gasteiger partial charge in [0.15, 0.2) is 18.2 Å². The molecule has 0 saturated heterocycles. The van der Waals surface area contributed by atoms with Crippen LogP contribution in [0, 0.1) is 11.8 Å². The second-order valence-corrected chi connectivity index (χ2v) is 32.0. The largest absolute Gasteiger partial charge is 0.494 e. The highest BCUT2D eigenvalue weighted by Gasteiger charge is 2.38. The minimum Gasteiger partial charge on any atom is -0.494 e. The number of hydrogen-bond acceptors (Lipinski definition) is 20. The number of rotatable bonds is 50. The smallest absolute Gasteiger partial charge is 0.333 e. The number of unbranched alkanes of at least 4 members (excludes halogenated alkanes) is 4. The molecule has 0 radical (unpaired) electrons. The van der Waals surface area contributed by atoms with Gasteiger partial charge >= 0.3 is 11.9 Å². The average molecular weight is 1640 g/mol. The van der Waals surface area contributed by atoms with Crippen molar-refractivity contribution in [3.8, 4) is 11.5 Å². The molecule has 0 aromatic heterocycles. The maximum Gasteiger partial charge on any atom is 0.333 e. The van der Waals surface area contributed by atoms with Crippen LogP contribution in [0.15, 0.2) is 109 Å². The lowest BCUT2D eigenvalue weighted by atomic mass is 9.83. The first-order valence-corrected chi connectivity index (χ1v) is 41.8. The second kappa shape index (κ2) is 53.2. The first kappa shape index (κ1) is 98.2. The number of ketones is 1. The Hall–Kier alpha value is -10.3. The Morgan fingerprint density at radius 3 is 1.26 bits per heavy atom. The number of amides is 10. The normalized spacial score (nSPS) is 15.3. The van der Waals surface area contributed by atoms with Crippen LogP contribution in [-0.4, -0.2) is 190 Å². The lowest BCUT2D eigenvalue weighted by molar-refractivity contribution is -0.159. The zero-order chi connectivity index (χ0) is 86.4. The van der Waals surface area contributed by atoms with Crippen LogP contribution in [0.5, 0.6) is 11.5 Å². The van der Waals surface area contributed by atoms with Gasteiger partial charge in [0.25, 0.3) is 11.8 Å². The quantitative estimate of drug-likeness (QED) is 0.00972. The molecule has 0 heterocycles. The lowest BCUT2D eigenvalue weighted by Crippen LogP contribution is -2.59. The van der Waals surface area contributed by atoms with E-state index in [2.05, 4.69) is 63.8 Å². The van der Waals surface area contributed by atoms with Crippen molar-refractivity contribution in [2.45, 2.75) is 262 Å². The summed E-state index contributed by atoms with van der Waals surface area (Å²) >= 11 is 0. The number of ether oxygens (including phenoxy) is 4. The van der Waals surface area contributed by atoms with Crippen LogP contribution in [0.2, 0.25) is 0 Å². The van der Waals surface area contributed by atoms with Crippen molar-refractivity contribution in [3.63, 3.8) is 0 Å². The van der Waals surface area contributed by atoms with E-state index in [1.165, 1.54) is 0 Å². The Morgan fingerprint density at radius 2 is 0.864 bits per heavy atom. The molecule has 0 bridgehead atoms. The van der Waals surface area contributed by atoms with Gasteiger partial charge < -0.3 is 87.9 Å². The Bertz CT molecular complexity index is 3790. The topological polar surface area (TPSA) is 423 Å². The molecule has 2 aliphatic rings. The number of hydrogen-bond donors (Lipinski definition) is 13. The molecule has 0 spiro atoms. The second-order valence-electron chi connectivity index (χ2n) is 32.0. The van der Waals surface area contributed by atoms with E-state index in [1.807, 2.05) is 45.3 Å². The standard InChI is InChI=1S/C44H66N6O9.C44H64N6O9/c2*1-6-17-34(39(53)42(56)46-28-36(52)50-38(32-21-12-8-13-22-32)43(57)59-44(2,3)4)48-40(54)35(49-41(55)37(47-29-51)31-19-10-7-11-20-31)27-30-18-16-23-33(26-30)58-25-15-9-14-24-45-5/h8,12-13,16,18,21-23,26,29,31,34-35,37-39,45,53H,6-7,9-11,14-15,17,19-20,24-25,27-28H2,1-5H3,(H,46,56)(H,47,51)(H,48,54)(H,49,55)(H,50,52);8,12-13,16,18,21-23,26,29,31,34-35,37-38,45H,6-7,9-11,14-15,17,19-20,24-25,27-28H2,1-5H3,(H,46,56)(H,47,51)(H,48,54)(H,49,55)(H,50,52)/t34?,35-,37-,38-,39?;34?,35-,37-,38-/m00/s1. The number of benzene rings is 4. The first-order valence-electron chi connectivity index (χ1n) is 41.8. The average Bonchev–Trinajstić information content (AvgIpc) is 0.922. The van der Waals surface area contributed by atoms with E-state index >= 15 is 0 Å². The minimum atomic E-state index is -1.77. The molecule has 6 rings (SSSR count). The van der Waals surface area contributed by atoms with Crippen LogP contribution in [0.1, 0.15) is 218 Å². The summed E-state index contributed by atoms with van der Waals surface area (Å²) in [6.07, 6.45) is 15.1. The van der Waals surface area contributed by atoms with Gasteiger partial charge in [-0.25, -0.2) is 9.59 Å². The third kappa shape index (κ3) is 36.7. The lowest BCUT2D eigenvalue weighted by Gasteiger charge is -2.31. The van der Waals surface area contributed by atoms with Gasteiger partial charge in [-0.2, -0.15) is 0 Å². The molecule has 9 atom stereocenters. The summed E-state index contributed by atoms with van der Waals surface area (Å²) in [6.45, 7) is 15.5. The fraction of sp³-hybridized carbons (Fsp3) is 0.580. The van der Waals surface area contributed by atoms with Crippen molar-refractivity contribution in [2.24, 2.45) is 11.8 Å². The van der Waals surface area contributed by atoms with E-state index in [0.29, 0.717) is 72.6 Å². The van der Waals surface area contributed by atoms with Crippen molar-refractivity contribution in [1.82, 2.24) is 63.8 Å². The van der Waals surface area contributed by atoms with Crippen LogP contribution < -0.4 is 73.3 Å². The zero-order valence-corrected chi connectivity index (χ0v) is 70.6. The molecule has 650 valence electrons. The van der Waals surface area contributed by atoms with Gasteiger partial charge in [-0.3, -0.25) is 52.7 Å². The summed E-state index contributed by atoms with van der Waals surface area (Å²) in [4.78, 5) is 171. The number of Topliss-reactive ketones (excluding diaryl/α,β-unsaturated/α-hetero) is 1. The highest BCUT2D eigenvalue weighted by Crippen LogP contribution is 2.29. The van der Waals surface area contributed by atoms with Gasteiger partial charge in [0, 0.05) is 12.8 Å². The molecule has 10 amide bonds. The highest BCUT2D eigenvalue weighted by molar-refractivity contribution is 6.38. The van der Waals surface area contributed by atoms with E-state index in [9.17, 15) is 67.4 Å². The molecule has 3 unspecified atom stereocenters. The van der Waals surface area contributed by atoms with Crippen molar-refractivity contribution in [1.29, 1.82) is 0 Å². The first-order chi connectivity index (χ1) is 56.5. The number of aliphatic hydroxyl groups is 1. The minimum absolute atomic E-state index is 0.0229. The molecular formula is C88H130N12O18. The third-order valence-electron chi connectivity index (χ3n) is 19.9. The molecule has 2 saturated carbocycles. The summed E-state index contributed by atoms with van der Waals surface area (Å²) in [6, 6.07) is 22.7. The summed E-state index contributed by atoms with van der Waals surface area (Å²) < 4.78 is 23.0. The number of nitrogens with one attached hydrogen (secondary N) is 12. The van der Waals surface area contributed by atoms with E-state index in [0.717, 1.165) is 116 Å². The number of aliphatic hydroxyl groups excluding tert-OH is 1. The van der Waals surface area contributed by atoms with E-state index < -0.39 is 144 Å². The fourth-order valence-corrected chi connectivity index (χ4v) is 14.0. The van der Waals surface area contributed by atoms with Crippen LogP contribution in [0.4, 0.5) is 0 Å². The van der Waals surface area contributed by atoms with E-state index in [1.54, 1.807) is 133 Å². The molecule has 2 fully saturated rings. The summed E-state index contributed by atoms with van der Waals surface area (Å²) in [5, 5.41) is 43.8. The van der Waals surface area contributed by atoms with Gasteiger partial charge in [0.1, 0.15) is 46.9 Å². The number of carbonyl (C=O) groups excluding carboxylic acids is 13. The summed E-state index contributed by atoms with van der Waals surface area (Å²) in [7, 11) is 3.83. The third-order valence-corrected chi connectivity index (χ3v) is 19.9. The van der Waals surface area contributed by atoms with Crippen LogP contribution in [0.3, 0.4) is 0 Å². The van der Waals surface area contributed by atoms with Gasteiger partial charge in [-0.15, -0.1) is 0 Å². The Kier molecular flexibility index (Phi) is 44.3. The number of esters is 2. The van der Waals surface area contributed by atoms with Gasteiger partial charge in [-0.1, -0.05) is 150 Å². The summed E-state index contributed by atoms with van der Waals surface area (Å²) in [5.74, 6) is -7.23. The van der Waals surface area contributed by atoms with Gasteiger partial charge in [0.05, 0.1) is 38.4 Å². The molecule has 30 heteroatoms. The Balaban J connectivity index is 0.000000420. The monoisotopic (exact) mass is 1640 g/mol. The number of carbonyl (C=O) groups is 13. The van der Waals surface area contributed by atoms with E-state index in [-0.39, 0.29) is 37.5 Å². The van der Waals surface area contributed by atoms with Crippen LogP contribution in [-0.2, 0) is 84.6 Å². The molecule has 4 aromatic rings. The molecule has 4 aromatic carbocycles. The van der Waals surface area contributed by atoms with E-state index in [4.69, 9.17) is 18.9 Å². The summed E-state index contributed by atoms with van der Waals surface area (Å²) in [5.41, 5.74) is 0.679. The van der Waals surface area contributed by atoms with Crippen LogP contribution >= 0.6 is 0 Å². The predicted molar refractivity (Wildman–Crippen MR) is 447 cm³/mol. The van der Waals surface area contributed by atoms with Gasteiger partial charge in [0.2, 0.25) is 54.0 Å². The van der Waals surface area contributed by atoms with Crippen molar-refractivity contribution < 1.29 is 86.4 Å². The highest BCUT2D eigenvalue weighted by atomic mass is 16.6. The predicted octanol–water partition coefficient (Wildman–Crippen LogP) is 6.49. The maximum atomic E-state index is 14.1. The molecule has 118 heavy (non-hydrogen) atoms.